The predicted octanol–water partition coefficient (Wildman–Crippen LogP) is 4.29. The normalized spacial score (nSPS) is 11.1. The average molecular weight is 384 g/mol. The first kappa shape index (κ1) is 17.0. The number of hydrogen-bond acceptors (Lipinski definition) is 7. The average Bonchev–Trinajstić information content (AvgIpc) is 3.43. The lowest BCUT2D eigenvalue weighted by molar-refractivity contribution is 0.462. The van der Waals surface area contributed by atoms with Gasteiger partial charge in [0.25, 0.3) is 0 Å². The minimum absolute atomic E-state index is 0.522. The molecule has 4 rings (SSSR count). The summed E-state index contributed by atoms with van der Waals surface area (Å²) in [7, 11) is 0. The molecule has 3 heterocycles. The molecule has 0 spiro atoms. The fourth-order valence-corrected chi connectivity index (χ4v) is 4.18. The lowest BCUT2D eigenvalue weighted by Gasteiger charge is -2.01. The number of aromatic nitrogens is 5. The summed E-state index contributed by atoms with van der Waals surface area (Å²) >= 11 is 3.24. The molecule has 4 aromatic rings. The molecule has 0 aliphatic carbocycles. The van der Waals surface area contributed by atoms with Crippen molar-refractivity contribution in [2.24, 2.45) is 0 Å². The number of tetrazole rings is 1. The van der Waals surface area contributed by atoms with Crippen molar-refractivity contribution in [1.82, 2.24) is 25.2 Å². The lowest BCUT2D eigenvalue weighted by atomic mass is 10.1. The van der Waals surface area contributed by atoms with Gasteiger partial charge in [0.2, 0.25) is 5.16 Å². The van der Waals surface area contributed by atoms with Gasteiger partial charge in [-0.3, -0.25) is 0 Å². The number of thioether (sulfide) groups is 1. The highest BCUT2D eigenvalue weighted by Gasteiger charge is 2.11. The minimum Gasteiger partial charge on any atom is -0.467 e. The Kier molecular flexibility index (Phi) is 5.12. The van der Waals surface area contributed by atoms with Crippen molar-refractivity contribution in [3.63, 3.8) is 0 Å². The van der Waals surface area contributed by atoms with Crippen LogP contribution in [-0.4, -0.2) is 25.2 Å². The Bertz CT molecular complexity index is 960. The number of rotatable bonds is 7. The van der Waals surface area contributed by atoms with Crippen LogP contribution < -0.4 is 0 Å². The molecule has 3 aromatic heterocycles. The van der Waals surface area contributed by atoms with Gasteiger partial charge in [-0.05, 0) is 34.5 Å². The van der Waals surface area contributed by atoms with Gasteiger partial charge in [-0.15, -0.1) is 16.4 Å². The van der Waals surface area contributed by atoms with Crippen molar-refractivity contribution >= 4 is 23.1 Å². The Balaban J connectivity index is 1.41. The highest BCUT2D eigenvalue weighted by molar-refractivity contribution is 7.98. The summed E-state index contributed by atoms with van der Waals surface area (Å²) in [6.45, 7) is 2.68. The number of furan rings is 1. The van der Waals surface area contributed by atoms with Crippen LogP contribution in [0.3, 0.4) is 0 Å². The fourth-order valence-electron chi connectivity index (χ4n) is 2.48. The highest BCUT2D eigenvalue weighted by atomic mass is 32.2. The Labute approximate surface area is 159 Å². The molecular weight excluding hydrogens is 366 g/mol. The second-order valence-electron chi connectivity index (χ2n) is 5.68. The fraction of sp³-hybridized carbons (Fsp3) is 0.222. The Morgan fingerprint density at radius 3 is 2.85 bits per heavy atom. The summed E-state index contributed by atoms with van der Waals surface area (Å²) in [6, 6.07) is 12.4. The van der Waals surface area contributed by atoms with Gasteiger partial charge in [-0.1, -0.05) is 43.0 Å². The van der Waals surface area contributed by atoms with E-state index in [2.05, 4.69) is 52.1 Å². The van der Waals surface area contributed by atoms with Crippen LogP contribution in [0.25, 0.3) is 10.6 Å². The van der Waals surface area contributed by atoms with Crippen LogP contribution in [0.1, 0.15) is 23.9 Å². The van der Waals surface area contributed by atoms with Crippen LogP contribution in [0.4, 0.5) is 0 Å². The number of nitrogens with zero attached hydrogens (tertiary/aromatic N) is 5. The maximum atomic E-state index is 5.36. The monoisotopic (exact) mass is 383 g/mol. The topological polar surface area (TPSA) is 69.6 Å². The van der Waals surface area contributed by atoms with E-state index in [-0.39, 0.29) is 0 Å². The van der Waals surface area contributed by atoms with Gasteiger partial charge in [0.1, 0.15) is 17.3 Å². The largest absolute Gasteiger partial charge is 0.467 e. The molecule has 0 saturated heterocycles. The molecule has 0 atom stereocenters. The second kappa shape index (κ2) is 7.84. The molecule has 0 aliphatic heterocycles. The van der Waals surface area contributed by atoms with Gasteiger partial charge in [-0.2, -0.15) is 0 Å². The first-order valence-corrected chi connectivity index (χ1v) is 10.1. The molecule has 132 valence electrons. The summed E-state index contributed by atoms with van der Waals surface area (Å²) in [6.07, 6.45) is 2.70. The van der Waals surface area contributed by atoms with E-state index < -0.39 is 0 Å². The SMILES string of the molecule is CCc1ccc(-c2nc(CSc3nnnn3Cc3ccco3)cs2)cc1. The van der Waals surface area contributed by atoms with Gasteiger partial charge in [0.05, 0.1) is 12.0 Å². The quantitative estimate of drug-likeness (QED) is 0.443. The summed E-state index contributed by atoms with van der Waals surface area (Å²) < 4.78 is 7.09. The zero-order valence-electron chi connectivity index (χ0n) is 14.2. The predicted molar refractivity (Wildman–Crippen MR) is 102 cm³/mol. The molecule has 0 bridgehead atoms. The molecule has 0 N–H and O–H groups in total. The third-order valence-corrected chi connectivity index (χ3v) is 5.83. The van der Waals surface area contributed by atoms with Crippen LogP contribution in [0.2, 0.25) is 0 Å². The van der Waals surface area contributed by atoms with E-state index in [0.29, 0.717) is 6.54 Å². The number of thiazole rings is 1. The third-order valence-electron chi connectivity index (χ3n) is 3.89. The summed E-state index contributed by atoms with van der Waals surface area (Å²) in [5.41, 5.74) is 3.53. The molecule has 8 heteroatoms. The lowest BCUT2D eigenvalue weighted by Crippen LogP contribution is -2.03. The Morgan fingerprint density at radius 1 is 1.19 bits per heavy atom. The van der Waals surface area contributed by atoms with E-state index in [4.69, 9.17) is 9.40 Å². The van der Waals surface area contributed by atoms with Crippen molar-refractivity contribution in [2.75, 3.05) is 0 Å². The van der Waals surface area contributed by atoms with Crippen molar-refractivity contribution in [2.45, 2.75) is 30.8 Å². The van der Waals surface area contributed by atoms with Gasteiger partial charge in [0, 0.05) is 16.7 Å². The van der Waals surface area contributed by atoms with Gasteiger partial charge in [-0.25, -0.2) is 9.67 Å². The molecule has 1 aromatic carbocycles. The summed E-state index contributed by atoms with van der Waals surface area (Å²) in [4.78, 5) is 4.74. The zero-order valence-corrected chi connectivity index (χ0v) is 15.8. The van der Waals surface area contributed by atoms with Gasteiger partial charge in [0.15, 0.2) is 0 Å². The zero-order chi connectivity index (χ0) is 17.8. The van der Waals surface area contributed by atoms with E-state index in [0.717, 1.165) is 39.4 Å². The maximum Gasteiger partial charge on any atom is 0.210 e. The molecule has 0 radical (unpaired) electrons. The standard InChI is InChI=1S/C18H17N5OS2/c1-2-13-5-7-14(8-6-13)17-19-15(11-25-17)12-26-18-20-21-22-23(18)10-16-4-3-9-24-16/h3-9,11H,2,10,12H2,1H3. The minimum atomic E-state index is 0.522. The molecule has 26 heavy (non-hydrogen) atoms. The summed E-state index contributed by atoms with van der Waals surface area (Å²) in [5, 5.41) is 15.8. The van der Waals surface area contributed by atoms with Crippen LogP contribution in [0.15, 0.2) is 57.6 Å². The molecular formula is C18H17N5OS2. The van der Waals surface area contributed by atoms with Crippen molar-refractivity contribution in [3.8, 4) is 10.6 Å². The molecule has 0 fully saturated rings. The van der Waals surface area contributed by atoms with Crippen LogP contribution >= 0.6 is 23.1 Å². The van der Waals surface area contributed by atoms with E-state index in [1.807, 2.05) is 12.1 Å². The van der Waals surface area contributed by atoms with Gasteiger partial charge >= 0.3 is 0 Å². The number of benzene rings is 1. The summed E-state index contributed by atoms with van der Waals surface area (Å²) in [5.74, 6) is 1.55. The molecule has 0 aliphatic rings. The first-order chi connectivity index (χ1) is 12.8. The van der Waals surface area contributed by atoms with Crippen LogP contribution in [0.5, 0.6) is 0 Å². The Morgan fingerprint density at radius 2 is 2.08 bits per heavy atom. The number of hydrogen-bond donors (Lipinski definition) is 0. The maximum absolute atomic E-state index is 5.36. The van der Waals surface area contributed by atoms with Crippen molar-refractivity contribution in [1.29, 1.82) is 0 Å². The first-order valence-electron chi connectivity index (χ1n) is 8.27. The van der Waals surface area contributed by atoms with Crippen LogP contribution in [0, 0.1) is 0 Å². The van der Waals surface area contributed by atoms with Crippen molar-refractivity contribution in [3.05, 3.63) is 65.1 Å². The molecule has 0 saturated carbocycles. The van der Waals surface area contributed by atoms with Crippen LogP contribution in [-0.2, 0) is 18.7 Å². The van der Waals surface area contributed by atoms with Crippen molar-refractivity contribution < 1.29 is 4.42 Å². The molecule has 6 nitrogen and oxygen atoms in total. The second-order valence-corrected chi connectivity index (χ2v) is 7.48. The molecule has 0 unspecified atom stereocenters. The number of aryl methyl sites for hydroxylation is 1. The Hall–Kier alpha value is -2.45. The van der Waals surface area contributed by atoms with E-state index in [1.165, 1.54) is 5.56 Å². The third kappa shape index (κ3) is 3.86. The van der Waals surface area contributed by atoms with Gasteiger partial charge < -0.3 is 4.42 Å². The van der Waals surface area contributed by atoms with E-state index in [9.17, 15) is 0 Å². The van der Waals surface area contributed by atoms with E-state index in [1.54, 1.807) is 34.0 Å². The molecule has 0 amide bonds. The van der Waals surface area contributed by atoms with E-state index >= 15 is 0 Å². The smallest absolute Gasteiger partial charge is 0.210 e. The highest BCUT2D eigenvalue weighted by Crippen LogP contribution is 2.27.